The molecule has 1 aliphatic rings. The van der Waals surface area contributed by atoms with Crippen LogP contribution in [0.3, 0.4) is 0 Å². The van der Waals surface area contributed by atoms with Crippen molar-refractivity contribution in [2.24, 2.45) is 0 Å². The molecular weight excluding hydrogens is 272 g/mol. The zero-order valence-corrected chi connectivity index (χ0v) is 13.0. The predicted octanol–water partition coefficient (Wildman–Crippen LogP) is 4.21. The minimum absolute atomic E-state index is 0.129. The van der Waals surface area contributed by atoms with Crippen molar-refractivity contribution in [3.8, 4) is 0 Å². The Kier molecular flexibility index (Phi) is 3.12. The first kappa shape index (κ1) is 13.6. The Balaban J connectivity index is 2.21. The van der Waals surface area contributed by atoms with Crippen molar-refractivity contribution in [1.82, 2.24) is 9.78 Å². The topological polar surface area (TPSA) is 55.1 Å². The zero-order valence-electron chi connectivity index (χ0n) is 12.1. The Labute approximate surface area is 122 Å². The summed E-state index contributed by atoms with van der Waals surface area (Å²) in [4.78, 5) is 12.7. The van der Waals surface area contributed by atoms with E-state index >= 15 is 0 Å². The van der Waals surface area contributed by atoms with E-state index in [1.54, 1.807) is 0 Å². The Bertz CT molecular complexity index is 657. The van der Waals surface area contributed by atoms with Crippen molar-refractivity contribution in [1.29, 1.82) is 0 Å². The van der Waals surface area contributed by atoms with Crippen LogP contribution < -0.4 is 0 Å². The summed E-state index contributed by atoms with van der Waals surface area (Å²) in [6.07, 6.45) is 4.86. The van der Waals surface area contributed by atoms with E-state index in [0.29, 0.717) is 10.8 Å². The summed E-state index contributed by atoms with van der Waals surface area (Å²) in [5.41, 5.74) is 0.978. The molecule has 0 aromatic carbocycles. The normalized spacial score (nSPS) is 17.1. The summed E-state index contributed by atoms with van der Waals surface area (Å²) < 4.78 is 2.01. The van der Waals surface area contributed by atoms with Crippen LogP contribution in [0.1, 0.15) is 67.7 Å². The van der Waals surface area contributed by atoms with E-state index in [4.69, 9.17) is 5.10 Å². The summed E-state index contributed by atoms with van der Waals surface area (Å²) in [5, 5.41) is 15.1. The largest absolute Gasteiger partial charge is 0.477 e. The Morgan fingerprint density at radius 1 is 1.40 bits per heavy atom. The first-order valence-electron chi connectivity index (χ1n) is 7.14. The van der Waals surface area contributed by atoms with Crippen molar-refractivity contribution in [2.45, 2.75) is 57.9 Å². The van der Waals surface area contributed by atoms with Crippen molar-refractivity contribution in [2.75, 3.05) is 0 Å². The number of hydrogen-bond donors (Lipinski definition) is 1. The lowest BCUT2D eigenvalue weighted by Gasteiger charge is -2.20. The van der Waals surface area contributed by atoms with E-state index in [-0.39, 0.29) is 5.54 Å². The van der Waals surface area contributed by atoms with E-state index in [1.807, 2.05) is 10.7 Å². The van der Waals surface area contributed by atoms with Gasteiger partial charge in [0.25, 0.3) is 0 Å². The molecule has 0 bridgehead atoms. The molecule has 1 aliphatic carbocycles. The third kappa shape index (κ3) is 2.14. The molecule has 1 N–H and O–H groups in total. The van der Waals surface area contributed by atoms with Gasteiger partial charge in [0, 0.05) is 11.3 Å². The van der Waals surface area contributed by atoms with Gasteiger partial charge >= 0.3 is 5.97 Å². The van der Waals surface area contributed by atoms with Gasteiger partial charge in [0.1, 0.15) is 9.71 Å². The molecule has 0 spiro atoms. The summed E-state index contributed by atoms with van der Waals surface area (Å²) in [6.45, 7) is 6.33. The van der Waals surface area contributed by atoms with Crippen molar-refractivity contribution in [3.63, 3.8) is 0 Å². The first-order chi connectivity index (χ1) is 9.38. The second kappa shape index (κ2) is 4.58. The molecule has 0 unspecified atom stereocenters. The molecule has 3 rings (SSSR count). The molecule has 1 fully saturated rings. The van der Waals surface area contributed by atoms with Gasteiger partial charge in [0.2, 0.25) is 0 Å². The van der Waals surface area contributed by atoms with Gasteiger partial charge in [-0.15, -0.1) is 11.3 Å². The lowest BCUT2D eigenvalue weighted by Crippen LogP contribution is -2.23. The molecular formula is C15H20N2O2S. The number of nitrogens with zero attached hydrogens (tertiary/aromatic N) is 2. The quantitative estimate of drug-likeness (QED) is 0.902. The molecule has 0 aliphatic heterocycles. The first-order valence-corrected chi connectivity index (χ1v) is 7.96. The summed E-state index contributed by atoms with van der Waals surface area (Å²) >= 11 is 1.34. The number of carboxylic acids is 1. The predicted molar refractivity (Wildman–Crippen MR) is 80.8 cm³/mol. The fourth-order valence-electron chi connectivity index (χ4n) is 2.99. The maximum absolute atomic E-state index is 11.2. The maximum Gasteiger partial charge on any atom is 0.345 e. The second-order valence-electron chi connectivity index (χ2n) is 6.58. The standard InChI is InChI=1S/C15H20N2O2S/c1-15(2,3)17-13-10(8-11(20-13)14(18)19)12(16-17)9-6-4-5-7-9/h8-9H,4-7H2,1-3H3,(H,18,19). The van der Waals surface area contributed by atoms with E-state index in [0.717, 1.165) is 15.9 Å². The maximum atomic E-state index is 11.2. The van der Waals surface area contributed by atoms with Gasteiger partial charge in [0.05, 0.1) is 11.2 Å². The molecule has 2 aromatic heterocycles. The number of fused-ring (bicyclic) bond motifs is 1. The fraction of sp³-hybridized carbons (Fsp3) is 0.600. The number of aromatic carboxylic acids is 1. The van der Waals surface area contributed by atoms with Crippen molar-refractivity contribution in [3.05, 3.63) is 16.6 Å². The molecule has 5 heteroatoms. The van der Waals surface area contributed by atoms with E-state index < -0.39 is 5.97 Å². The molecule has 0 atom stereocenters. The summed E-state index contributed by atoms with van der Waals surface area (Å²) in [5.74, 6) is -0.346. The molecule has 20 heavy (non-hydrogen) atoms. The average molecular weight is 292 g/mol. The molecule has 2 heterocycles. The fourth-order valence-corrected chi connectivity index (χ4v) is 4.14. The van der Waals surface area contributed by atoms with Crippen LogP contribution in [0.4, 0.5) is 0 Å². The van der Waals surface area contributed by atoms with Crippen LogP contribution in [0.5, 0.6) is 0 Å². The molecule has 108 valence electrons. The van der Waals surface area contributed by atoms with Gasteiger partial charge in [-0.3, -0.25) is 0 Å². The highest BCUT2D eigenvalue weighted by Crippen LogP contribution is 2.40. The average Bonchev–Trinajstić information content (AvgIpc) is 3.02. The third-order valence-corrected chi connectivity index (χ3v) is 5.08. The van der Waals surface area contributed by atoms with Crippen molar-refractivity contribution < 1.29 is 9.90 Å². The van der Waals surface area contributed by atoms with Crippen LogP contribution in [0, 0.1) is 0 Å². The number of thiophene rings is 1. The molecule has 0 radical (unpaired) electrons. The van der Waals surface area contributed by atoms with Gasteiger partial charge in [-0.05, 0) is 39.7 Å². The highest BCUT2D eigenvalue weighted by atomic mass is 32.1. The monoisotopic (exact) mass is 292 g/mol. The number of rotatable bonds is 2. The van der Waals surface area contributed by atoms with Crippen LogP contribution in [0.2, 0.25) is 0 Å². The molecule has 0 amide bonds. The molecule has 4 nitrogen and oxygen atoms in total. The molecule has 2 aromatic rings. The van der Waals surface area contributed by atoms with Crippen LogP contribution in [-0.2, 0) is 5.54 Å². The van der Waals surface area contributed by atoms with Crippen LogP contribution in [0.25, 0.3) is 10.2 Å². The summed E-state index contributed by atoms with van der Waals surface area (Å²) in [6, 6.07) is 1.81. The zero-order chi connectivity index (χ0) is 14.5. The van der Waals surface area contributed by atoms with Crippen LogP contribution in [-0.4, -0.2) is 20.9 Å². The minimum atomic E-state index is -0.843. The minimum Gasteiger partial charge on any atom is -0.477 e. The SMILES string of the molecule is CC(C)(C)n1nc(C2CCCC2)c2cc(C(=O)O)sc21. The van der Waals surface area contributed by atoms with Gasteiger partial charge in [-0.1, -0.05) is 12.8 Å². The van der Waals surface area contributed by atoms with E-state index in [2.05, 4.69) is 20.8 Å². The van der Waals surface area contributed by atoms with Gasteiger partial charge in [0.15, 0.2) is 0 Å². The number of aromatic nitrogens is 2. The Morgan fingerprint density at radius 2 is 2.05 bits per heavy atom. The smallest absolute Gasteiger partial charge is 0.345 e. The van der Waals surface area contributed by atoms with Gasteiger partial charge in [-0.2, -0.15) is 5.10 Å². The van der Waals surface area contributed by atoms with E-state index in [9.17, 15) is 9.90 Å². The summed E-state index contributed by atoms with van der Waals surface area (Å²) in [7, 11) is 0. The lowest BCUT2D eigenvalue weighted by atomic mass is 10.0. The molecule has 1 saturated carbocycles. The van der Waals surface area contributed by atoms with Gasteiger partial charge < -0.3 is 5.11 Å². The van der Waals surface area contributed by atoms with Crippen LogP contribution in [0.15, 0.2) is 6.07 Å². The molecule has 0 saturated heterocycles. The van der Waals surface area contributed by atoms with Crippen molar-refractivity contribution >= 4 is 27.5 Å². The highest BCUT2D eigenvalue weighted by molar-refractivity contribution is 7.20. The Morgan fingerprint density at radius 3 is 2.60 bits per heavy atom. The second-order valence-corrected chi connectivity index (χ2v) is 7.61. The number of carbonyl (C=O) groups is 1. The lowest BCUT2D eigenvalue weighted by molar-refractivity contribution is 0.0702. The number of hydrogen-bond acceptors (Lipinski definition) is 3. The highest BCUT2D eigenvalue weighted by Gasteiger charge is 2.28. The van der Waals surface area contributed by atoms with Crippen LogP contribution >= 0.6 is 11.3 Å². The van der Waals surface area contributed by atoms with Gasteiger partial charge in [-0.25, -0.2) is 9.48 Å². The number of carboxylic acid groups (broad SMARTS) is 1. The Hall–Kier alpha value is -1.36. The van der Waals surface area contributed by atoms with E-state index in [1.165, 1.54) is 37.0 Å². The third-order valence-electron chi connectivity index (χ3n) is 3.98.